The van der Waals surface area contributed by atoms with Gasteiger partial charge in [-0.2, -0.15) is 0 Å². The van der Waals surface area contributed by atoms with Gasteiger partial charge < -0.3 is 5.32 Å². The molecule has 15 heavy (non-hydrogen) atoms. The first-order valence-corrected chi connectivity index (χ1v) is 6.62. The molecule has 0 amide bonds. The van der Waals surface area contributed by atoms with Gasteiger partial charge in [-0.25, -0.2) is 0 Å². The lowest BCUT2D eigenvalue weighted by Gasteiger charge is -2.03. The number of nitrogens with one attached hydrogen (secondary N) is 1. The Kier molecular flexibility index (Phi) is 22.0. The Balaban J connectivity index is 0. The first-order valence-electron chi connectivity index (χ1n) is 6.62. The highest BCUT2D eigenvalue weighted by molar-refractivity contribution is 4.49. The second kappa shape index (κ2) is 19.3. The Morgan fingerprint density at radius 2 is 1.07 bits per heavy atom. The molecule has 1 heteroatoms. The monoisotopic (exact) mass is 213 g/mol. The van der Waals surface area contributed by atoms with Crippen LogP contribution in [0, 0.1) is 0 Å². The van der Waals surface area contributed by atoms with Crippen LogP contribution in [0.1, 0.15) is 65.2 Å². The molecule has 92 valence electrons. The molecular formula is C14H31N. The minimum Gasteiger partial charge on any atom is -0.317 e. The molecule has 0 unspecified atom stereocenters. The third-order valence-corrected chi connectivity index (χ3v) is 2.41. The molecular weight excluding hydrogens is 182 g/mol. The summed E-state index contributed by atoms with van der Waals surface area (Å²) in [5.41, 5.74) is 0. The first kappa shape index (κ1) is 17.1. The molecule has 0 aromatic carbocycles. The summed E-state index contributed by atoms with van der Waals surface area (Å²) in [4.78, 5) is 0. The van der Waals surface area contributed by atoms with E-state index in [1.54, 1.807) is 0 Å². The highest BCUT2D eigenvalue weighted by Gasteiger charge is 1.89. The van der Waals surface area contributed by atoms with E-state index in [1.165, 1.54) is 64.5 Å². The van der Waals surface area contributed by atoms with Crippen molar-refractivity contribution in [3.63, 3.8) is 0 Å². The molecule has 1 nitrogen and oxygen atoms in total. The lowest BCUT2D eigenvalue weighted by atomic mass is 10.2. The molecule has 0 atom stereocenters. The highest BCUT2D eigenvalue weighted by Crippen LogP contribution is 1.98. The quantitative estimate of drug-likeness (QED) is 0.415. The maximum atomic E-state index is 3.50. The van der Waals surface area contributed by atoms with Crippen LogP contribution in [0.5, 0.6) is 0 Å². The molecule has 0 aliphatic carbocycles. The lowest BCUT2D eigenvalue weighted by Crippen LogP contribution is -2.16. The molecule has 0 aliphatic rings. The summed E-state index contributed by atoms with van der Waals surface area (Å²) in [6.45, 7) is 13.0. The standard InChI is InChI=1S/C12H27N.C2H4/c1-3-5-7-9-11-13-12-10-8-6-4-2;1-2/h13H,3-12H2,1-2H3;1-2H2. The van der Waals surface area contributed by atoms with Crippen molar-refractivity contribution in [3.8, 4) is 0 Å². The lowest BCUT2D eigenvalue weighted by molar-refractivity contribution is 0.564. The van der Waals surface area contributed by atoms with Crippen molar-refractivity contribution in [2.75, 3.05) is 13.1 Å². The summed E-state index contributed by atoms with van der Waals surface area (Å²) < 4.78 is 0. The van der Waals surface area contributed by atoms with Gasteiger partial charge in [0.1, 0.15) is 0 Å². The molecule has 0 rings (SSSR count). The maximum Gasteiger partial charge on any atom is -0.00489 e. The van der Waals surface area contributed by atoms with Crippen LogP contribution in [-0.2, 0) is 0 Å². The smallest absolute Gasteiger partial charge is 0.00489 e. The van der Waals surface area contributed by atoms with Crippen LogP contribution in [0.2, 0.25) is 0 Å². The van der Waals surface area contributed by atoms with Crippen molar-refractivity contribution < 1.29 is 0 Å². The van der Waals surface area contributed by atoms with E-state index >= 15 is 0 Å². The minimum atomic E-state index is 1.23. The van der Waals surface area contributed by atoms with Gasteiger partial charge in [0.05, 0.1) is 0 Å². The fourth-order valence-electron chi connectivity index (χ4n) is 1.48. The van der Waals surface area contributed by atoms with Crippen LogP contribution in [0.3, 0.4) is 0 Å². The molecule has 1 N–H and O–H groups in total. The fraction of sp³-hybridized carbons (Fsp3) is 0.857. The largest absolute Gasteiger partial charge is 0.317 e. The molecule has 0 saturated heterocycles. The average Bonchev–Trinajstić information content (AvgIpc) is 2.30. The zero-order valence-electron chi connectivity index (χ0n) is 11.0. The van der Waals surface area contributed by atoms with E-state index in [1.807, 2.05) is 0 Å². The van der Waals surface area contributed by atoms with Gasteiger partial charge in [-0.1, -0.05) is 52.4 Å². The van der Waals surface area contributed by atoms with Crippen LogP contribution >= 0.6 is 0 Å². The van der Waals surface area contributed by atoms with Gasteiger partial charge >= 0.3 is 0 Å². The number of rotatable bonds is 10. The molecule has 0 aromatic rings. The zero-order chi connectivity index (χ0) is 11.8. The SMILES string of the molecule is C=C.CCCCCCNCCCCCC. The molecule has 0 fully saturated rings. The van der Waals surface area contributed by atoms with Gasteiger partial charge in [0.25, 0.3) is 0 Å². The predicted octanol–water partition coefficient (Wildman–Crippen LogP) is 4.54. The maximum absolute atomic E-state index is 3.50. The Morgan fingerprint density at radius 1 is 0.667 bits per heavy atom. The summed E-state index contributed by atoms with van der Waals surface area (Å²) in [7, 11) is 0. The summed E-state index contributed by atoms with van der Waals surface area (Å²) in [6.07, 6.45) is 11.0. The van der Waals surface area contributed by atoms with Crippen LogP contribution in [0.25, 0.3) is 0 Å². The second-order valence-electron chi connectivity index (χ2n) is 3.87. The van der Waals surface area contributed by atoms with Crippen molar-refractivity contribution in [1.29, 1.82) is 0 Å². The molecule has 0 bridgehead atoms. The van der Waals surface area contributed by atoms with Crippen LogP contribution in [0.4, 0.5) is 0 Å². The summed E-state index contributed by atoms with van der Waals surface area (Å²) in [5, 5.41) is 3.50. The van der Waals surface area contributed by atoms with Gasteiger partial charge in [-0.3, -0.25) is 0 Å². The Labute approximate surface area is 97.3 Å². The Morgan fingerprint density at radius 3 is 1.40 bits per heavy atom. The van der Waals surface area contributed by atoms with Crippen molar-refractivity contribution in [2.45, 2.75) is 65.2 Å². The second-order valence-corrected chi connectivity index (χ2v) is 3.87. The highest BCUT2D eigenvalue weighted by atomic mass is 14.8. The van der Waals surface area contributed by atoms with Gasteiger partial charge in [0.15, 0.2) is 0 Å². The summed E-state index contributed by atoms with van der Waals surface area (Å²) >= 11 is 0. The number of unbranched alkanes of at least 4 members (excludes halogenated alkanes) is 6. The van der Waals surface area contributed by atoms with E-state index in [0.717, 1.165) is 0 Å². The van der Waals surface area contributed by atoms with Crippen LogP contribution in [-0.4, -0.2) is 13.1 Å². The van der Waals surface area contributed by atoms with E-state index < -0.39 is 0 Å². The fourth-order valence-corrected chi connectivity index (χ4v) is 1.48. The summed E-state index contributed by atoms with van der Waals surface area (Å²) in [6, 6.07) is 0. The van der Waals surface area contributed by atoms with Crippen molar-refractivity contribution in [3.05, 3.63) is 13.2 Å². The van der Waals surface area contributed by atoms with E-state index in [9.17, 15) is 0 Å². The van der Waals surface area contributed by atoms with Crippen molar-refractivity contribution >= 4 is 0 Å². The first-order chi connectivity index (χ1) is 7.41. The van der Waals surface area contributed by atoms with E-state index in [-0.39, 0.29) is 0 Å². The van der Waals surface area contributed by atoms with Crippen molar-refractivity contribution in [2.24, 2.45) is 0 Å². The Hall–Kier alpha value is -0.300. The van der Waals surface area contributed by atoms with Gasteiger partial charge in [-0.05, 0) is 25.9 Å². The van der Waals surface area contributed by atoms with E-state index in [4.69, 9.17) is 0 Å². The zero-order valence-corrected chi connectivity index (χ0v) is 11.0. The minimum absolute atomic E-state index is 1.23. The molecule has 0 aliphatic heterocycles. The van der Waals surface area contributed by atoms with Crippen LogP contribution in [0.15, 0.2) is 13.2 Å². The molecule has 0 spiro atoms. The topological polar surface area (TPSA) is 12.0 Å². The molecule has 0 radical (unpaired) electrons. The molecule has 0 aromatic heterocycles. The normalized spacial score (nSPS) is 9.47. The van der Waals surface area contributed by atoms with Crippen LogP contribution < -0.4 is 5.32 Å². The summed E-state index contributed by atoms with van der Waals surface area (Å²) in [5.74, 6) is 0. The average molecular weight is 213 g/mol. The van der Waals surface area contributed by atoms with E-state index in [2.05, 4.69) is 32.3 Å². The molecule has 0 saturated carbocycles. The third-order valence-electron chi connectivity index (χ3n) is 2.41. The number of hydrogen-bond acceptors (Lipinski definition) is 1. The number of hydrogen-bond donors (Lipinski definition) is 1. The van der Waals surface area contributed by atoms with Gasteiger partial charge in [-0.15, -0.1) is 13.2 Å². The Bertz CT molecular complexity index is 81.3. The van der Waals surface area contributed by atoms with Crippen molar-refractivity contribution in [1.82, 2.24) is 5.32 Å². The predicted molar refractivity (Wildman–Crippen MR) is 72.4 cm³/mol. The van der Waals surface area contributed by atoms with Gasteiger partial charge in [0.2, 0.25) is 0 Å². The van der Waals surface area contributed by atoms with Gasteiger partial charge in [0, 0.05) is 0 Å². The van der Waals surface area contributed by atoms with E-state index in [0.29, 0.717) is 0 Å². The third kappa shape index (κ3) is 19.9. The molecule has 0 heterocycles.